The van der Waals surface area contributed by atoms with Crippen molar-refractivity contribution in [3.63, 3.8) is 0 Å². The Hall–Kier alpha value is -1.20. The van der Waals surface area contributed by atoms with Crippen molar-refractivity contribution in [2.75, 3.05) is 12.3 Å². The molecule has 0 bridgehead atoms. The van der Waals surface area contributed by atoms with Crippen molar-refractivity contribution in [2.45, 2.75) is 13.3 Å². The van der Waals surface area contributed by atoms with E-state index in [0.29, 0.717) is 23.5 Å². The lowest BCUT2D eigenvalue weighted by atomic mass is 9.79. The highest BCUT2D eigenvalue weighted by Crippen LogP contribution is 2.13. The molecule has 0 saturated heterocycles. The number of ether oxygens (including phenoxy) is 1. The van der Waals surface area contributed by atoms with Crippen LogP contribution in [-0.2, 0) is 0 Å². The molecule has 5 heteroatoms. The minimum atomic E-state index is -1.53. The van der Waals surface area contributed by atoms with Gasteiger partial charge in [-0.15, -0.1) is 0 Å². The maximum atomic E-state index is 8.91. The van der Waals surface area contributed by atoms with Crippen LogP contribution in [0.25, 0.3) is 0 Å². The second-order valence-electron chi connectivity index (χ2n) is 3.01. The molecule has 0 aliphatic rings. The quantitative estimate of drug-likeness (QED) is 0.456. The van der Waals surface area contributed by atoms with Crippen molar-refractivity contribution in [3.05, 3.63) is 18.2 Å². The van der Waals surface area contributed by atoms with Crippen LogP contribution in [0, 0.1) is 0 Å². The minimum absolute atomic E-state index is 0.300. The van der Waals surface area contributed by atoms with Crippen LogP contribution in [0.15, 0.2) is 18.2 Å². The largest absolute Gasteiger partial charge is 0.494 e. The highest BCUT2D eigenvalue weighted by Gasteiger charge is 2.14. The van der Waals surface area contributed by atoms with Crippen LogP contribution in [0.1, 0.15) is 13.3 Å². The van der Waals surface area contributed by atoms with Gasteiger partial charge in [-0.05, 0) is 12.5 Å². The molecule has 0 radical (unpaired) electrons. The smallest absolute Gasteiger partial charge is 0.490 e. The summed E-state index contributed by atoms with van der Waals surface area (Å²) in [5.74, 6) is 0.647. The van der Waals surface area contributed by atoms with Gasteiger partial charge in [-0.3, -0.25) is 0 Å². The first-order chi connectivity index (χ1) is 6.65. The van der Waals surface area contributed by atoms with E-state index in [0.717, 1.165) is 6.42 Å². The molecule has 1 aromatic rings. The van der Waals surface area contributed by atoms with Crippen molar-refractivity contribution >= 4 is 18.3 Å². The summed E-state index contributed by atoms with van der Waals surface area (Å²) < 4.78 is 5.33. The van der Waals surface area contributed by atoms with Crippen LogP contribution < -0.4 is 15.9 Å². The van der Waals surface area contributed by atoms with Gasteiger partial charge in [0.05, 0.1) is 6.61 Å². The first-order valence-electron chi connectivity index (χ1n) is 4.53. The van der Waals surface area contributed by atoms with Crippen LogP contribution in [-0.4, -0.2) is 23.8 Å². The zero-order valence-electron chi connectivity index (χ0n) is 8.10. The molecule has 4 nitrogen and oxygen atoms in total. The first-order valence-corrected chi connectivity index (χ1v) is 4.53. The van der Waals surface area contributed by atoms with Gasteiger partial charge in [0.1, 0.15) is 5.75 Å². The lowest BCUT2D eigenvalue weighted by Crippen LogP contribution is -2.32. The Labute approximate surface area is 83.5 Å². The van der Waals surface area contributed by atoms with E-state index in [4.69, 9.17) is 20.5 Å². The molecular formula is C9H14BNO3. The zero-order valence-corrected chi connectivity index (χ0v) is 8.10. The van der Waals surface area contributed by atoms with Gasteiger partial charge in [0.25, 0.3) is 0 Å². The summed E-state index contributed by atoms with van der Waals surface area (Å²) in [4.78, 5) is 0. The van der Waals surface area contributed by atoms with E-state index in [1.165, 1.54) is 0 Å². The predicted octanol–water partition coefficient (Wildman–Crippen LogP) is -0.263. The van der Waals surface area contributed by atoms with E-state index in [2.05, 4.69) is 0 Å². The summed E-state index contributed by atoms with van der Waals surface area (Å²) in [5, 5.41) is 17.8. The van der Waals surface area contributed by atoms with Gasteiger partial charge in [-0.25, -0.2) is 0 Å². The van der Waals surface area contributed by atoms with Crippen molar-refractivity contribution in [3.8, 4) is 5.75 Å². The molecule has 0 aromatic heterocycles. The normalized spacial score (nSPS) is 9.93. The molecule has 0 aliphatic carbocycles. The van der Waals surface area contributed by atoms with Gasteiger partial charge in [-0.2, -0.15) is 0 Å². The summed E-state index contributed by atoms with van der Waals surface area (Å²) in [6.45, 7) is 2.63. The molecule has 4 N–H and O–H groups in total. The van der Waals surface area contributed by atoms with E-state index >= 15 is 0 Å². The van der Waals surface area contributed by atoms with Gasteiger partial charge >= 0.3 is 7.12 Å². The van der Waals surface area contributed by atoms with Gasteiger partial charge in [-0.1, -0.05) is 13.0 Å². The van der Waals surface area contributed by atoms with E-state index in [1.54, 1.807) is 18.2 Å². The number of nitrogens with two attached hydrogens (primary N) is 1. The van der Waals surface area contributed by atoms with Gasteiger partial charge in [0.2, 0.25) is 0 Å². The van der Waals surface area contributed by atoms with Crippen LogP contribution in [0.5, 0.6) is 5.75 Å². The third-order valence-corrected chi connectivity index (χ3v) is 1.81. The number of nitrogen functional groups attached to an aromatic ring is 1. The standard InChI is InChI=1S/C9H14BNO3/c1-2-5-14-7-3-4-8(10(12)13)9(11)6-7/h3-4,6,12-13H,2,5,11H2,1H3. The fourth-order valence-electron chi connectivity index (χ4n) is 1.10. The number of benzene rings is 1. The van der Waals surface area contributed by atoms with Crippen LogP contribution in [0.4, 0.5) is 5.69 Å². The summed E-state index contributed by atoms with van der Waals surface area (Å²) >= 11 is 0. The predicted molar refractivity (Wildman–Crippen MR) is 56.5 cm³/mol. The monoisotopic (exact) mass is 195 g/mol. The molecule has 0 fully saturated rings. The molecule has 0 heterocycles. The van der Waals surface area contributed by atoms with Crippen molar-refractivity contribution < 1.29 is 14.8 Å². The third kappa shape index (κ3) is 2.65. The van der Waals surface area contributed by atoms with Gasteiger partial charge < -0.3 is 20.5 Å². The average Bonchev–Trinajstić information content (AvgIpc) is 2.14. The van der Waals surface area contributed by atoms with Crippen LogP contribution >= 0.6 is 0 Å². The highest BCUT2D eigenvalue weighted by molar-refractivity contribution is 6.60. The average molecular weight is 195 g/mol. The third-order valence-electron chi connectivity index (χ3n) is 1.81. The highest BCUT2D eigenvalue weighted by atomic mass is 16.5. The van der Waals surface area contributed by atoms with E-state index in [1.807, 2.05) is 6.92 Å². The molecule has 0 spiro atoms. The molecule has 0 saturated carbocycles. The second kappa shape index (κ2) is 4.88. The van der Waals surface area contributed by atoms with Crippen molar-refractivity contribution in [2.24, 2.45) is 0 Å². The number of anilines is 1. The summed E-state index contributed by atoms with van der Waals surface area (Å²) in [7, 11) is -1.53. The molecule has 14 heavy (non-hydrogen) atoms. The maximum Gasteiger partial charge on any atom is 0.490 e. The van der Waals surface area contributed by atoms with Crippen molar-refractivity contribution in [1.82, 2.24) is 0 Å². The zero-order chi connectivity index (χ0) is 10.6. The Morgan fingerprint density at radius 1 is 1.43 bits per heavy atom. The molecule has 0 atom stereocenters. The lowest BCUT2D eigenvalue weighted by Gasteiger charge is -2.08. The Morgan fingerprint density at radius 3 is 2.64 bits per heavy atom. The molecule has 0 unspecified atom stereocenters. The Kier molecular flexibility index (Phi) is 3.79. The fourth-order valence-corrected chi connectivity index (χ4v) is 1.10. The van der Waals surface area contributed by atoms with Gasteiger partial charge in [0.15, 0.2) is 0 Å². The molecule has 0 amide bonds. The first kappa shape index (κ1) is 10.9. The van der Waals surface area contributed by atoms with Crippen LogP contribution in [0.3, 0.4) is 0 Å². The molecular weight excluding hydrogens is 181 g/mol. The SMILES string of the molecule is CCCOc1ccc(B(O)O)c(N)c1. The molecule has 1 aromatic carbocycles. The van der Waals surface area contributed by atoms with E-state index in [-0.39, 0.29) is 0 Å². The Morgan fingerprint density at radius 2 is 2.14 bits per heavy atom. The van der Waals surface area contributed by atoms with Crippen LogP contribution in [0.2, 0.25) is 0 Å². The topological polar surface area (TPSA) is 75.7 Å². The summed E-state index contributed by atoms with van der Waals surface area (Å²) in [5.41, 5.74) is 6.22. The Balaban J connectivity index is 2.78. The lowest BCUT2D eigenvalue weighted by molar-refractivity contribution is 0.317. The van der Waals surface area contributed by atoms with Gasteiger partial charge in [0, 0.05) is 17.2 Å². The summed E-state index contributed by atoms with van der Waals surface area (Å²) in [6.07, 6.45) is 0.921. The fraction of sp³-hybridized carbons (Fsp3) is 0.333. The molecule has 76 valence electrons. The second-order valence-corrected chi connectivity index (χ2v) is 3.01. The maximum absolute atomic E-state index is 8.91. The molecule has 0 aliphatic heterocycles. The Bertz CT molecular complexity index is 304. The van der Waals surface area contributed by atoms with E-state index < -0.39 is 7.12 Å². The summed E-state index contributed by atoms with van der Waals surface area (Å²) in [6, 6.07) is 4.80. The minimum Gasteiger partial charge on any atom is -0.494 e. The molecule has 1 rings (SSSR count). The van der Waals surface area contributed by atoms with E-state index in [9.17, 15) is 0 Å². The number of hydrogen-bond acceptors (Lipinski definition) is 4. The number of rotatable bonds is 4. The number of hydrogen-bond donors (Lipinski definition) is 3. The van der Waals surface area contributed by atoms with Crippen molar-refractivity contribution in [1.29, 1.82) is 0 Å².